The van der Waals surface area contributed by atoms with Crippen molar-refractivity contribution in [2.45, 2.75) is 26.0 Å². The van der Waals surface area contributed by atoms with Crippen LogP contribution >= 0.6 is 22.6 Å². The maximum atomic E-state index is 6.10. The third-order valence-electron chi connectivity index (χ3n) is 2.97. The zero-order chi connectivity index (χ0) is 13.8. The Morgan fingerprint density at radius 1 is 1.05 bits per heavy atom. The van der Waals surface area contributed by atoms with Crippen molar-refractivity contribution in [3.63, 3.8) is 0 Å². The van der Waals surface area contributed by atoms with E-state index in [2.05, 4.69) is 53.8 Å². The average molecular weight is 367 g/mol. The summed E-state index contributed by atoms with van der Waals surface area (Å²) in [5.74, 6) is 0.881. The zero-order valence-electron chi connectivity index (χ0n) is 11.1. The third kappa shape index (κ3) is 3.70. The maximum Gasteiger partial charge on any atom is 0.139 e. The first-order valence-corrected chi connectivity index (χ1v) is 7.39. The highest BCUT2D eigenvalue weighted by atomic mass is 127. The third-order valence-corrected chi connectivity index (χ3v) is 3.87. The lowest BCUT2D eigenvalue weighted by Gasteiger charge is -2.23. The van der Waals surface area contributed by atoms with Gasteiger partial charge in [-0.05, 0) is 54.1 Å². The Kier molecular flexibility index (Phi) is 4.82. The highest BCUT2D eigenvalue weighted by molar-refractivity contribution is 14.1. The van der Waals surface area contributed by atoms with Crippen LogP contribution in [-0.4, -0.2) is 6.04 Å². The molecule has 2 nitrogen and oxygen atoms in total. The van der Waals surface area contributed by atoms with Crippen molar-refractivity contribution in [2.24, 2.45) is 5.73 Å². The first-order valence-electron chi connectivity index (χ1n) is 6.31. The largest absolute Gasteiger partial charge is 0.483 e. The predicted molar refractivity (Wildman–Crippen MR) is 87.4 cm³/mol. The van der Waals surface area contributed by atoms with Crippen LogP contribution in [0.25, 0.3) is 0 Å². The summed E-state index contributed by atoms with van der Waals surface area (Å²) >= 11 is 2.28. The van der Waals surface area contributed by atoms with Crippen molar-refractivity contribution in [3.8, 4) is 5.75 Å². The van der Waals surface area contributed by atoms with E-state index in [1.165, 1.54) is 5.56 Å². The molecule has 2 N–H and O–H groups in total. The van der Waals surface area contributed by atoms with Gasteiger partial charge in [-0.2, -0.15) is 0 Å². The molecule has 0 bridgehead atoms. The van der Waals surface area contributed by atoms with Crippen LogP contribution in [0.2, 0.25) is 0 Å². The smallest absolute Gasteiger partial charge is 0.139 e. The fourth-order valence-electron chi connectivity index (χ4n) is 1.91. The number of hydrogen-bond acceptors (Lipinski definition) is 2. The van der Waals surface area contributed by atoms with E-state index in [1.54, 1.807) is 0 Å². The summed E-state index contributed by atoms with van der Waals surface area (Å²) in [6.45, 7) is 4.05. The van der Waals surface area contributed by atoms with Crippen molar-refractivity contribution in [2.75, 3.05) is 0 Å². The van der Waals surface area contributed by atoms with E-state index in [9.17, 15) is 0 Å². The molecule has 2 unspecified atom stereocenters. The number of halogens is 1. The minimum atomic E-state index is -0.128. The molecule has 0 radical (unpaired) electrons. The Balaban J connectivity index is 2.26. The molecule has 0 aliphatic rings. The van der Waals surface area contributed by atoms with Crippen molar-refractivity contribution >= 4 is 22.6 Å². The molecule has 19 heavy (non-hydrogen) atoms. The molecular formula is C16H18INO. The number of hydrogen-bond donors (Lipinski definition) is 1. The van der Waals surface area contributed by atoms with Crippen molar-refractivity contribution in [3.05, 3.63) is 63.2 Å². The maximum absolute atomic E-state index is 6.10. The van der Waals surface area contributed by atoms with Crippen LogP contribution in [0, 0.1) is 10.5 Å². The second-order valence-corrected chi connectivity index (χ2v) is 5.90. The van der Waals surface area contributed by atoms with E-state index in [0.717, 1.165) is 14.9 Å². The molecular weight excluding hydrogens is 349 g/mol. The first kappa shape index (κ1) is 14.3. The van der Waals surface area contributed by atoms with Crippen LogP contribution in [0.4, 0.5) is 0 Å². The van der Waals surface area contributed by atoms with Crippen LogP contribution in [-0.2, 0) is 0 Å². The fraction of sp³-hybridized carbons (Fsp3) is 0.250. The van der Waals surface area contributed by atoms with Gasteiger partial charge in [0.1, 0.15) is 11.9 Å². The summed E-state index contributed by atoms with van der Waals surface area (Å²) in [7, 11) is 0. The number of nitrogens with two attached hydrogens (primary N) is 1. The minimum absolute atomic E-state index is 0.0706. The molecule has 2 atom stereocenters. The van der Waals surface area contributed by atoms with Crippen molar-refractivity contribution in [1.29, 1.82) is 0 Å². The van der Waals surface area contributed by atoms with Crippen LogP contribution in [0.3, 0.4) is 0 Å². The van der Waals surface area contributed by atoms with Gasteiger partial charge in [-0.15, -0.1) is 0 Å². The minimum Gasteiger partial charge on any atom is -0.483 e. The lowest BCUT2D eigenvalue weighted by molar-refractivity contribution is 0.179. The lowest BCUT2D eigenvalue weighted by Crippen LogP contribution is -2.29. The molecule has 2 aromatic rings. The average Bonchev–Trinajstić information content (AvgIpc) is 2.39. The van der Waals surface area contributed by atoms with Gasteiger partial charge in [0.25, 0.3) is 0 Å². The summed E-state index contributed by atoms with van der Waals surface area (Å²) in [6, 6.07) is 16.3. The Hall–Kier alpha value is -1.07. The summed E-state index contributed by atoms with van der Waals surface area (Å²) < 4.78 is 7.20. The number of para-hydroxylation sites is 1. The fourth-order valence-corrected chi connectivity index (χ4v) is 2.43. The highest BCUT2D eigenvalue weighted by Crippen LogP contribution is 2.28. The van der Waals surface area contributed by atoms with Gasteiger partial charge in [-0.3, -0.25) is 0 Å². The zero-order valence-corrected chi connectivity index (χ0v) is 13.3. The number of aryl methyl sites for hydroxylation is 1. The molecule has 0 aliphatic heterocycles. The molecule has 0 aliphatic carbocycles. The Morgan fingerprint density at radius 2 is 1.68 bits per heavy atom. The van der Waals surface area contributed by atoms with Gasteiger partial charge in [0.2, 0.25) is 0 Å². The van der Waals surface area contributed by atoms with E-state index in [4.69, 9.17) is 10.5 Å². The molecule has 2 rings (SSSR count). The van der Waals surface area contributed by atoms with Crippen LogP contribution in [0.15, 0.2) is 48.5 Å². The molecule has 2 aromatic carbocycles. The summed E-state index contributed by atoms with van der Waals surface area (Å²) in [5, 5.41) is 0. The summed E-state index contributed by atoms with van der Waals surface area (Å²) in [5.41, 5.74) is 8.43. The van der Waals surface area contributed by atoms with E-state index in [-0.39, 0.29) is 12.1 Å². The number of benzene rings is 2. The van der Waals surface area contributed by atoms with Gasteiger partial charge >= 0.3 is 0 Å². The summed E-state index contributed by atoms with van der Waals surface area (Å²) in [4.78, 5) is 0. The molecule has 100 valence electrons. The van der Waals surface area contributed by atoms with Gasteiger partial charge < -0.3 is 10.5 Å². The SMILES string of the molecule is Cc1ccc(C(Oc2ccccc2I)C(C)N)cc1. The van der Waals surface area contributed by atoms with Gasteiger partial charge in [0.15, 0.2) is 0 Å². The van der Waals surface area contributed by atoms with Gasteiger partial charge in [0.05, 0.1) is 3.57 Å². The van der Waals surface area contributed by atoms with Crippen molar-refractivity contribution in [1.82, 2.24) is 0 Å². The van der Waals surface area contributed by atoms with E-state index in [0.29, 0.717) is 0 Å². The molecule has 0 fully saturated rings. The number of ether oxygens (including phenoxy) is 1. The van der Waals surface area contributed by atoms with Gasteiger partial charge in [-0.25, -0.2) is 0 Å². The van der Waals surface area contributed by atoms with E-state index >= 15 is 0 Å². The van der Waals surface area contributed by atoms with Gasteiger partial charge in [0, 0.05) is 6.04 Å². The molecule has 0 saturated heterocycles. The topological polar surface area (TPSA) is 35.2 Å². The van der Waals surface area contributed by atoms with E-state index in [1.807, 2.05) is 31.2 Å². The second-order valence-electron chi connectivity index (χ2n) is 4.74. The van der Waals surface area contributed by atoms with Gasteiger partial charge in [-0.1, -0.05) is 42.0 Å². The van der Waals surface area contributed by atoms with Crippen molar-refractivity contribution < 1.29 is 4.74 Å². The highest BCUT2D eigenvalue weighted by Gasteiger charge is 2.19. The molecule has 0 heterocycles. The summed E-state index contributed by atoms with van der Waals surface area (Å²) in [6.07, 6.45) is -0.128. The lowest BCUT2D eigenvalue weighted by atomic mass is 10.0. The van der Waals surface area contributed by atoms with E-state index < -0.39 is 0 Å². The van der Waals surface area contributed by atoms with Crippen LogP contribution in [0.1, 0.15) is 24.2 Å². The molecule has 0 aromatic heterocycles. The first-order chi connectivity index (χ1) is 9.08. The van der Waals surface area contributed by atoms with Crippen LogP contribution in [0.5, 0.6) is 5.75 Å². The molecule has 3 heteroatoms. The Bertz CT molecular complexity index is 537. The number of rotatable bonds is 4. The molecule has 0 amide bonds. The molecule has 0 saturated carbocycles. The standard InChI is InChI=1S/C16H18INO/c1-11-7-9-13(10-8-11)16(12(2)18)19-15-6-4-3-5-14(15)17/h3-10,12,16H,18H2,1-2H3. The normalized spacial score (nSPS) is 13.9. The van der Waals surface area contributed by atoms with Crippen LogP contribution < -0.4 is 10.5 Å². The Morgan fingerprint density at radius 3 is 2.26 bits per heavy atom. The quantitative estimate of drug-likeness (QED) is 0.827. The predicted octanol–water partition coefficient (Wildman–Crippen LogP) is 4.07. The Labute approximate surface area is 128 Å². The molecule has 0 spiro atoms. The second kappa shape index (κ2) is 6.39. The monoisotopic (exact) mass is 367 g/mol.